The van der Waals surface area contributed by atoms with Crippen LogP contribution in [0, 0.1) is 5.41 Å². The van der Waals surface area contributed by atoms with Crippen molar-refractivity contribution in [2.24, 2.45) is 5.41 Å². The standard InChI is InChI=1S/C21H28N6O2/c1-21(2)10-17(23-19(28)16-9-15(25-26-16)13-3-4-13)14-12-22-20(24-18(14)11-21)27-5-7-29-8-6-27/h9,12-13,17H,3-8,10-11H2,1-2H3,(H,23,28)(H,25,26)/t17-/m1/s1. The molecule has 2 aliphatic carbocycles. The molecular formula is C21H28N6O2. The van der Waals surface area contributed by atoms with Crippen LogP contribution in [0.4, 0.5) is 5.95 Å². The molecule has 3 heterocycles. The van der Waals surface area contributed by atoms with E-state index in [0.717, 1.165) is 48.8 Å². The van der Waals surface area contributed by atoms with Gasteiger partial charge in [0, 0.05) is 36.5 Å². The summed E-state index contributed by atoms with van der Waals surface area (Å²) < 4.78 is 5.44. The predicted octanol–water partition coefficient (Wildman–Crippen LogP) is 2.36. The van der Waals surface area contributed by atoms with Gasteiger partial charge in [0.2, 0.25) is 5.95 Å². The second-order valence-electron chi connectivity index (χ2n) is 9.23. The maximum Gasteiger partial charge on any atom is 0.272 e. The maximum absolute atomic E-state index is 12.8. The van der Waals surface area contributed by atoms with Gasteiger partial charge in [0.15, 0.2) is 0 Å². The smallest absolute Gasteiger partial charge is 0.272 e. The summed E-state index contributed by atoms with van der Waals surface area (Å²) in [5.41, 5.74) is 3.63. The van der Waals surface area contributed by atoms with Crippen LogP contribution in [-0.2, 0) is 11.2 Å². The number of anilines is 1. The molecule has 1 amide bonds. The number of nitrogens with zero attached hydrogens (tertiary/aromatic N) is 4. The van der Waals surface area contributed by atoms with E-state index in [1.54, 1.807) is 0 Å². The van der Waals surface area contributed by atoms with Gasteiger partial charge in [0.05, 0.1) is 24.9 Å². The van der Waals surface area contributed by atoms with Crippen LogP contribution in [0.1, 0.15) is 72.5 Å². The molecule has 5 rings (SSSR count). The largest absolute Gasteiger partial charge is 0.378 e. The van der Waals surface area contributed by atoms with Crippen LogP contribution in [0.3, 0.4) is 0 Å². The monoisotopic (exact) mass is 396 g/mol. The Bertz CT molecular complexity index is 914. The third kappa shape index (κ3) is 3.85. The van der Waals surface area contributed by atoms with Gasteiger partial charge in [0.1, 0.15) is 5.69 Å². The highest BCUT2D eigenvalue weighted by atomic mass is 16.5. The number of aromatic nitrogens is 4. The summed E-state index contributed by atoms with van der Waals surface area (Å²) in [6.45, 7) is 7.49. The van der Waals surface area contributed by atoms with Crippen molar-refractivity contribution in [1.82, 2.24) is 25.5 Å². The van der Waals surface area contributed by atoms with Crippen molar-refractivity contribution in [1.29, 1.82) is 0 Å². The minimum atomic E-state index is -0.140. The summed E-state index contributed by atoms with van der Waals surface area (Å²) in [7, 11) is 0. The topological polar surface area (TPSA) is 96.0 Å². The number of ether oxygens (including phenoxy) is 1. The molecule has 0 aromatic carbocycles. The molecule has 2 N–H and O–H groups in total. The second kappa shape index (κ2) is 7.09. The zero-order valence-corrected chi connectivity index (χ0v) is 17.1. The van der Waals surface area contributed by atoms with Gasteiger partial charge in [-0.3, -0.25) is 9.89 Å². The van der Waals surface area contributed by atoms with E-state index in [1.807, 2.05) is 12.3 Å². The molecule has 1 aliphatic heterocycles. The fourth-order valence-electron chi connectivity index (χ4n) is 4.37. The van der Waals surface area contributed by atoms with Crippen LogP contribution < -0.4 is 10.2 Å². The van der Waals surface area contributed by atoms with Crippen LogP contribution >= 0.6 is 0 Å². The molecule has 8 nitrogen and oxygen atoms in total. The van der Waals surface area contributed by atoms with Gasteiger partial charge in [-0.2, -0.15) is 5.10 Å². The first-order valence-electron chi connectivity index (χ1n) is 10.5. The van der Waals surface area contributed by atoms with Gasteiger partial charge in [-0.1, -0.05) is 13.8 Å². The van der Waals surface area contributed by atoms with Crippen LogP contribution in [0.15, 0.2) is 12.3 Å². The number of carbonyl (C=O) groups excluding carboxylic acids is 1. The predicted molar refractivity (Wildman–Crippen MR) is 108 cm³/mol. The fourth-order valence-corrected chi connectivity index (χ4v) is 4.37. The minimum absolute atomic E-state index is 0.0479. The van der Waals surface area contributed by atoms with E-state index >= 15 is 0 Å². The van der Waals surface area contributed by atoms with E-state index in [0.29, 0.717) is 24.8 Å². The van der Waals surface area contributed by atoms with Gasteiger partial charge in [-0.15, -0.1) is 0 Å². The van der Waals surface area contributed by atoms with E-state index in [4.69, 9.17) is 9.72 Å². The molecule has 0 spiro atoms. The number of hydrogen-bond donors (Lipinski definition) is 2. The van der Waals surface area contributed by atoms with Crippen molar-refractivity contribution >= 4 is 11.9 Å². The lowest BCUT2D eigenvalue weighted by Gasteiger charge is -2.37. The molecular weight excluding hydrogens is 368 g/mol. The third-order valence-corrected chi connectivity index (χ3v) is 6.11. The summed E-state index contributed by atoms with van der Waals surface area (Å²) in [6, 6.07) is 1.78. The summed E-state index contributed by atoms with van der Waals surface area (Å²) in [4.78, 5) is 24.5. The Morgan fingerprint density at radius 3 is 2.86 bits per heavy atom. The van der Waals surface area contributed by atoms with Crippen LogP contribution in [0.2, 0.25) is 0 Å². The number of nitrogens with one attached hydrogen (secondary N) is 2. The Balaban J connectivity index is 1.37. The number of morpholine rings is 1. The van der Waals surface area contributed by atoms with E-state index in [1.165, 1.54) is 12.8 Å². The molecule has 2 fully saturated rings. The lowest BCUT2D eigenvalue weighted by Crippen LogP contribution is -2.39. The van der Waals surface area contributed by atoms with Crippen molar-refractivity contribution < 1.29 is 9.53 Å². The van der Waals surface area contributed by atoms with E-state index in [-0.39, 0.29) is 17.4 Å². The van der Waals surface area contributed by atoms with Crippen LogP contribution in [0.25, 0.3) is 0 Å². The molecule has 2 aromatic rings. The molecule has 3 aliphatic rings. The number of fused-ring (bicyclic) bond motifs is 1. The molecule has 2 aromatic heterocycles. The van der Waals surface area contributed by atoms with Crippen molar-refractivity contribution in [3.63, 3.8) is 0 Å². The molecule has 0 bridgehead atoms. The summed E-state index contributed by atoms with van der Waals surface area (Å²) in [6.07, 6.45) is 5.98. The Morgan fingerprint density at radius 1 is 1.31 bits per heavy atom. The molecule has 154 valence electrons. The Hall–Kier alpha value is -2.48. The quantitative estimate of drug-likeness (QED) is 0.824. The molecule has 0 unspecified atom stereocenters. The lowest BCUT2D eigenvalue weighted by molar-refractivity contribution is 0.0913. The highest BCUT2D eigenvalue weighted by molar-refractivity contribution is 5.92. The summed E-state index contributed by atoms with van der Waals surface area (Å²) in [5, 5.41) is 10.4. The van der Waals surface area contributed by atoms with Gasteiger partial charge in [-0.25, -0.2) is 9.97 Å². The van der Waals surface area contributed by atoms with Gasteiger partial charge >= 0.3 is 0 Å². The van der Waals surface area contributed by atoms with Gasteiger partial charge < -0.3 is 15.0 Å². The minimum Gasteiger partial charge on any atom is -0.378 e. The van der Waals surface area contributed by atoms with Gasteiger partial charge in [-0.05, 0) is 37.2 Å². The SMILES string of the molecule is CC1(C)Cc2nc(N3CCOCC3)ncc2[C@H](NC(=O)c2cc(C3CC3)[nH]n2)C1. The number of amides is 1. The number of rotatable bonds is 4. The Kier molecular flexibility index (Phi) is 4.53. The summed E-state index contributed by atoms with van der Waals surface area (Å²) >= 11 is 0. The average Bonchev–Trinajstić information content (AvgIpc) is 3.43. The lowest BCUT2D eigenvalue weighted by atomic mass is 9.74. The molecule has 29 heavy (non-hydrogen) atoms. The molecule has 1 saturated carbocycles. The number of aromatic amines is 1. The van der Waals surface area contributed by atoms with E-state index in [2.05, 4.69) is 39.2 Å². The highest BCUT2D eigenvalue weighted by Gasteiger charge is 2.35. The second-order valence-corrected chi connectivity index (χ2v) is 9.23. The Morgan fingerprint density at radius 2 is 2.10 bits per heavy atom. The average molecular weight is 396 g/mol. The zero-order valence-electron chi connectivity index (χ0n) is 17.1. The number of H-pyrrole nitrogens is 1. The first-order chi connectivity index (χ1) is 14.0. The van der Waals surface area contributed by atoms with Crippen molar-refractivity contribution in [2.45, 2.75) is 51.5 Å². The number of carbonyl (C=O) groups is 1. The first kappa shape index (κ1) is 18.5. The van der Waals surface area contributed by atoms with E-state index < -0.39 is 0 Å². The molecule has 8 heteroatoms. The van der Waals surface area contributed by atoms with Crippen molar-refractivity contribution in [2.75, 3.05) is 31.2 Å². The normalized spacial score (nSPS) is 23.5. The molecule has 1 saturated heterocycles. The van der Waals surface area contributed by atoms with Crippen molar-refractivity contribution in [3.8, 4) is 0 Å². The van der Waals surface area contributed by atoms with Crippen LogP contribution in [0.5, 0.6) is 0 Å². The van der Waals surface area contributed by atoms with E-state index in [9.17, 15) is 4.79 Å². The Labute approximate surface area is 170 Å². The fraction of sp³-hybridized carbons (Fsp3) is 0.619. The summed E-state index contributed by atoms with van der Waals surface area (Å²) in [5.74, 6) is 1.17. The number of hydrogen-bond acceptors (Lipinski definition) is 6. The first-order valence-corrected chi connectivity index (χ1v) is 10.5. The van der Waals surface area contributed by atoms with Crippen LogP contribution in [-0.4, -0.2) is 52.4 Å². The van der Waals surface area contributed by atoms with Crippen molar-refractivity contribution in [3.05, 3.63) is 34.9 Å². The molecule has 1 atom stereocenters. The highest BCUT2D eigenvalue weighted by Crippen LogP contribution is 2.41. The molecule has 0 radical (unpaired) electrons. The zero-order chi connectivity index (χ0) is 20.0. The van der Waals surface area contributed by atoms with Gasteiger partial charge in [0.25, 0.3) is 5.91 Å². The maximum atomic E-state index is 12.8. The third-order valence-electron chi connectivity index (χ3n) is 6.11.